The van der Waals surface area contributed by atoms with E-state index in [0.29, 0.717) is 16.0 Å². The second kappa shape index (κ2) is 4.40. The van der Waals surface area contributed by atoms with Crippen molar-refractivity contribution < 1.29 is 14.4 Å². The van der Waals surface area contributed by atoms with Gasteiger partial charge in [0.15, 0.2) is 11.6 Å². The molecular formula is C15H8O3S. The van der Waals surface area contributed by atoms with E-state index < -0.39 is 0 Å². The first kappa shape index (κ1) is 11.7. The number of hydrogen-bond donors (Lipinski definition) is 0. The zero-order valence-corrected chi connectivity index (χ0v) is 10.6. The maximum absolute atomic E-state index is 12.4. The summed E-state index contributed by atoms with van der Waals surface area (Å²) in [6, 6.07) is 8.27. The summed E-state index contributed by atoms with van der Waals surface area (Å²) in [5.74, 6) is -0.756. The minimum absolute atomic E-state index is 0.216. The normalized spacial score (nSPS) is 13.5. The first-order valence-electron chi connectivity index (χ1n) is 5.66. The third-order valence-electron chi connectivity index (χ3n) is 2.95. The molecule has 1 heterocycles. The number of carbonyl (C=O) groups is 3. The molecule has 1 aliphatic rings. The lowest BCUT2D eigenvalue weighted by molar-refractivity contribution is 0.0984. The molecule has 0 saturated carbocycles. The molecule has 0 bridgehead atoms. The van der Waals surface area contributed by atoms with Crippen LogP contribution in [0.4, 0.5) is 0 Å². The van der Waals surface area contributed by atoms with E-state index in [1.807, 2.05) is 0 Å². The Kier molecular flexibility index (Phi) is 2.72. The smallest absolute Gasteiger partial charge is 0.203 e. The van der Waals surface area contributed by atoms with Crippen LogP contribution < -0.4 is 0 Å². The monoisotopic (exact) mass is 268 g/mol. The van der Waals surface area contributed by atoms with Gasteiger partial charge in [0.2, 0.25) is 5.78 Å². The van der Waals surface area contributed by atoms with Crippen LogP contribution >= 0.6 is 11.3 Å². The van der Waals surface area contributed by atoms with E-state index in [2.05, 4.69) is 0 Å². The summed E-state index contributed by atoms with van der Waals surface area (Å²) in [5, 5.41) is 1.80. The summed E-state index contributed by atoms with van der Waals surface area (Å²) in [6.07, 6.45) is 2.46. The van der Waals surface area contributed by atoms with Crippen molar-refractivity contribution >= 4 is 28.7 Å². The van der Waals surface area contributed by atoms with Crippen molar-refractivity contribution in [3.05, 3.63) is 69.4 Å². The van der Waals surface area contributed by atoms with E-state index in [1.165, 1.54) is 23.5 Å². The lowest BCUT2D eigenvalue weighted by Gasteiger charge is -2.12. The molecule has 2 aromatic rings. The van der Waals surface area contributed by atoms with Crippen LogP contribution in [0.5, 0.6) is 0 Å². The van der Waals surface area contributed by atoms with Crippen LogP contribution in [-0.2, 0) is 0 Å². The highest BCUT2D eigenvalue weighted by Crippen LogP contribution is 2.24. The van der Waals surface area contributed by atoms with Crippen molar-refractivity contribution in [1.82, 2.24) is 0 Å². The highest BCUT2D eigenvalue weighted by Gasteiger charge is 2.25. The summed E-state index contributed by atoms with van der Waals surface area (Å²) in [6.45, 7) is 0. The highest BCUT2D eigenvalue weighted by atomic mass is 32.1. The summed E-state index contributed by atoms with van der Waals surface area (Å²) in [7, 11) is 0. The number of carbonyl (C=O) groups excluding carboxylic acids is 3. The molecule has 3 nitrogen and oxygen atoms in total. The molecule has 3 rings (SSSR count). The Hall–Kier alpha value is -2.33. The van der Waals surface area contributed by atoms with Crippen molar-refractivity contribution in [1.29, 1.82) is 0 Å². The number of benzene rings is 1. The van der Waals surface area contributed by atoms with Gasteiger partial charge >= 0.3 is 0 Å². The third kappa shape index (κ3) is 1.86. The van der Waals surface area contributed by atoms with Crippen LogP contribution in [0.25, 0.3) is 0 Å². The van der Waals surface area contributed by atoms with Crippen LogP contribution in [0.3, 0.4) is 0 Å². The average Bonchev–Trinajstić information content (AvgIpc) is 2.96. The van der Waals surface area contributed by atoms with Gasteiger partial charge in [0.1, 0.15) is 0 Å². The van der Waals surface area contributed by atoms with E-state index in [4.69, 9.17) is 0 Å². The van der Waals surface area contributed by atoms with Gasteiger partial charge in [-0.05, 0) is 23.6 Å². The van der Waals surface area contributed by atoms with Crippen molar-refractivity contribution in [2.75, 3.05) is 0 Å². The predicted octanol–water partition coefficient (Wildman–Crippen LogP) is 2.91. The first-order valence-corrected chi connectivity index (χ1v) is 6.54. The second-order valence-corrected chi connectivity index (χ2v) is 5.04. The molecule has 1 aliphatic carbocycles. The molecule has 0 unspecified atom stereocenters. The zero-order chi connectivity index (χ0) is 13.4. The minimum Gasteiger partial charge on any atom is -0.289 e. The van der Waals surface area contributed by atoms with Gasteiger partial charge in [-0.3, -0.25) is 14.4 Å². The van der Waals surface area contributed by atoms with E-state index in [9.17, 15) is 14.4 Å². The first-order chi connectivity index (χ1) is 9.18. The van der Waals surface area contributed by atoms with Crippen molar-refractivity contribution in [2.45, 2.75) is 0 Å². The minimum atomic E-state index is -0.296. The standard InChI is InChI=1S/C15H8O3S/c16-11-6-7-12(17)14-9(11)3-1-4-10(14)15(18)13-5-2-8-19-13/h1-8H. The van der Waals surface area contributed by atoms with E-state index in [1.54, 1.807) is 35.7 Å². The quantitative estimate of drug-likeness (QED) is 0.787. The van der Waals surface area contributed by atoms with Crippen LogP contribution in [0.15, 0.2) is 47.9 Å². The zero-order valence-electron chi connectivity index (χ0n) is 9.75. The molecule has 0 amide bonds. The van der Waals surface area contributed by atoms with Crippen LogP contribution in [-0.4, -0.2) is 17.3 Å². The number of rotatable bonds is 2. The summed E-state index contributed by atoms with van der Waals surface area (Å²) in [4.78, 5) is 36.6. The Labute approximate surface area is 113 Å². The lowest BCUT2D eigenvalue weighted by Crippen LogP contribution is -2.17. The Morgan fingerprint density at radius 3 is 2.47 bits per heavy atom. The number of allylic oxidation sites excluding steroid dienone is 2. The number of ketones is 3. The highest BCUT2D eigenvalue weighted by molar-refractivity contribution is 7.12. The Bertz CT molecular complexity index is 724. The van der Waals surface area contributed by atoms with Crippen LogP contribution in [0.2, 0.25) is 0 Å². The molecule has 0 aliphatic heterocycles. The molecule has 0 radical (unpaired) electrons. The molecule has 1 aromatic carbocycles. The fourth-order valence-corrected chi connectivity index (χ4v) is 2.76. The number of thiophene rings is 1. The summed E-state index contributed by atoms with van der Waals surface area (Å²) in [5.41, 5.74) is 0.811. The summed E-state index contributed by atoms with van der Waals surface area (Å²) >= 11 is 1.31. The largest absolute Gasteiger partial charge is 0.289 e. The second-order valence-electron chi connectivity index (χ2n) is 4.10. The Balaban J connectivity index is 2.20. The number of hydrogen-bond acceptors (Lipinski definition) is 4. The van der Waals surface area contributed by atoms with Crippen molar-refractivity contribution in [3.63, 3.8) is 0 Å². The molecule has 1 aromatic heterocycles. The Morgan fingerprint density at radius 1 is 0.947 bits per heavy atom. The van der Waals surface area contributed by atoms with Gasteiger partial charge in [-0.1, -0.05) is 24.3 Å². The van der Waals surface area contributed by atoms with Gasteiger partial charge in [-0.15, -0.1) is 11.3 Å². The fraction of sp³-hybridized carbons (Fsp3) is 0. The molecule has 0 saturated heterocycles. The molecule has 0 N–H and O–H groups in total. The molecule has 0 atom stereocenters. The SMILES string of the molecule is O=C1C=CC(=O)c2c1cccc2C(=O)c1cccs1. The van der Waals surface area contributed by atoms with Crippen LogP contribution in [0, 0.1) is 0 Å². The van der Waals surface area contributed by atoms with Gasteiger partial charge < -0.3 is 0 Å². The van der Waals surface area contributed by atoms with Crippen molar-refractivity contribution in [2.24, 2.45) is 0 Å². The third-order valence-corrected chi connectivity index (χ3v) is 3.82. The molecular weight excluding hydrogens is 260 g/mol. The topological polar surface area (TPSA) is 51.2 Å². The summed E-state index contributed by atoms with van der Waals surface area (Å²) < 4.78 is 0. The van der Waals surface area contributed by atoms with Gasteiger partial charge in [0.25, 0.3) is 0 Å². The van der Waals surface area contributed by atoms with Gasteiger partial charge in [-0.2, -0.15) is 0 Å². The van der Waals surface area contributed by atoms with E-state index >= 15 is 0 Å². The molecule has 19 heavy (non-hydrogen) atoms. The van der Waals surface area contributed by atoms with E-state index in [-0.39, 0.29) is 22.9 Å². The fourth-order valence-electron chi connectivity index (χ4n) is 2.08. The van der Waals surface area contributed by atoms with E-state index in [0.717, 1.165) is 0 Å². The Morgan fingerprint density at radius 2 is 1.74 bits per heavy atom. The number of fused-ring (bicyclic) bond motifs is 1. The molecule has 0 spiro atoms. The van der Waals surface area contributed by atoms with Crippen LogP contribution in [0.1, 0.15) is 36.0 Å². The molecule has 92 valence electrons. The molecule has 4 heteroatoms. The molecule has 0 fully saturated rings. The lowest BCUT2D eigenvalue weighted by atomic mass is 9.89. The average molecular weight is 268 g/mol. The predicted molar refractivity (Wildman–Crippen MR) is 72.0 cm³/mol. The maximum atomic E-state index is 12.4. The van der Waals surface area contributed by atoms with Gasteiger partial charge in [0, 0.05) is 16.7 Å². The maximum Gasteiger partial charge on any atom is 0.203 e. The van der Waals surface area contributed by atoms with Crippen molar-refractivity contribution in [3.8, 4) is 0 Å². The van der Waals surface area contributed by atoms with Gasteiger partial charge in [-0.25, -0.2) is 0 Å². The van der Waals surface area contributed by atoms with Gasteiger partial charge in [0.05, 0.1) is 4.88 Å².